The zero-order valence-corrected chi connectivity index (χ0v) is 25.3. The molecule has 45 heavy (non-hydrogen) atoms. The van der Waals surface area contributed by atoms with Gasteiger partial charge in [-0.3, -0.25) is 9.59 Å². The second kappa shape index (κ2) is 15.4. The summed E-state index contributed by atoms with van der Waals surface area (Å²) in [5.41, 5.74) is 4.46. The standard InChI is InChI=1S/C34H37N5O6/c1-3-4-9-30-37-32(26-16-10-23(11-17-26)20-35-31(41)19-18-29(34(44)45)36-22(2)40)38-39(30)21-24-12-14-25(15-13-24)27-7-5-6-8-28(27)33(42)43/h5-8,10-17,29H,3-4,9,18-21H2,1-2H3,(H,35,41)(H,36,40)(H,42,43)(H,44,45). The number of rotatable bonds is 15. The minimum atomic E-state index is -1.18. The molecule has 11 heteroatoms. The van der Waals surface area contributed by atoms with Gasteiger partial charge >= 0.3 is 11.9 Å². The lowest BCUT2D eigenvalue weighted by molar-refractivity contribution is -0.141. The van der Waals surface area contributed by atoms with Crippen molar-refractivity contribution < 1.29 is 29.4 Å². The highest BCUT2D eigenvalue weighted by atomic mass is 16.4. The van der Waals surface area contributed by atoms with E-state index in [4.69, 9.17) is 10.1 Å². The molecule has 0 spiro atoms. The number of hydrogen-bond acceptors (Lipinski definition) is 6. The van der Waals surface area contributed by atoms with E-state index in [2.05, 4.69) is 17.6 Å². The lowest BCUT2D eigenvalue weighted by Gasteiger charge is -2.13. The summed E-state index contributed by atoms with van der Waals surface area (Å²) in [7, 11) is 0. The largest absolute Gasteiger partial charge is 0.480 e. The third-order valence-electron chi connectivity index (χ3n) is 7.29. The molecule has 4 N–H and O–H groups in total. The van der Waals surface area contributed by atoms with Gasteiger partial charge in [0.2, 0.25) is 11.8 Å². The quantitative estimate of drug-likeness (QED) is 0.150. The molecule has 1 heterocycles. The Hall–Kier alpha value is -5.32. The third kappa shape index (κ3) is 9.09. The van der Waals surface area contributed by atoms with Crippen LogP contribution in [0.15, 0.2) is 72.8 Å². The number of carbonyl (C=O) groups is 4. The lowest BCUT2D eigenvalue weighted by atomic mass is 9.99. The Balaban J connectivity index is 1.41. The highest BCUT2D eigenvalue weighted by Gasteiger charge is 2.19. The predicted molar refractivity (Wildman–Crippen MR) is 168 cm³/mol. The molecule has 3 aromatic carbocycles. The van der Waals surface area contributed by atoms with Crippen molar-refractivity contribution in [2.75, 3.05) is 0 Å². The van der Waals surface area contributed by atoms with E-state index in [0.717, 1.165) is 47.3 Å². The number of carboxylic acid groups (broad SMARTS) is 2. The number of aromatic carboxylic acids is 1. The number of nitrogens with one attached hydrogen (secondary N) is 2. The number of nitrogens with zero attached hydrogens (tertiary/aromatic N) is 3. The summed E-state index contributed by atoms with van der Waals surface area (Å²) < 4.78 is 1.91. The highest BCUT2D eigenvalue weighted by molar-refractivity contribution is 5.96. The van der Waals surface area contributed by atoms with Gasteiger partial charge in [-0.15, -0.1) is 0 Å². The van der Waals surface area contributed by atoms with Crippen LogP contribution in [0.4, 0.5) is 0 Å². The number of benzene rings is 3. The fourth-order valence-electron chi connectivity index (χ4n) is 4.87. The molecule has 234 valence electrons. The second-order valence-electron chi connectivity index (χ2n) is 10.8. The molecule has 0 aliphatic rings. The molecule has 0 aliphatic carbocycles. The molecular weight excluding hydrogens is 574 g/mol. The van der Waals surface area contributed by atoms with Gasteiger partial charge < -0.3 is 20.8 Å². The van der Waals surface area contributed by atoms with Crippen LogP contribution in [0.5, 0.6) is 0 Å². The van der Waals surface area contributed by atoms with Crippen LogP contribution in [0.2, 0.25) is 0 Å². The van der Waals surface area contributed by atoms with Crippen LogP contribution in [0, 0.1) is 0 Å². The van der Waals surface area contributed by atoms with Crippen molar-refractivity contribution in [1.82, 2.24) is 25.4 Å². The fraction of sp³-hybridized carbons (Fsp3) is 0.294. The van der Waals surface area contributed by atoms with Crippen molar-refractivity contribution in [3.05, 3.63) is 95.3 Å². The number of aromatic nitrogens is 3. The lowest BCUT2D eigenvalue weighted by Crippen LogP contribution is -2.40. The molecule has 0 aliphatic heterocycles. The maximum atomic E-state index is 12.3. The van der Waals surface area contributed by atoms with E-state index in [9.17, 15) is 29.4 Å². The van der Waals surface area contributed by atoms with Crippen LogP contribution in [0.25, 0.3) is 22.5 Å². The zero-order chi connectivity index (χ0) is 32.3. The van der Waals surface area contributed by atoms with Gasteiger partial charge in [0.25, 0.3) is 0 Å². The first kappa shape index (κ1) is 32.6. The van der Waals surface area contributed by atoms with Gasteiger partial charge in [0.1, 0.15) is 11.9 Å². The van der Waals surface area contributed by atoms with Crippen LogP contribution in [0.1, 0.15) is 66.8 Å². The predicted octanol–water partition coefficient (Wildman–Crippen LogP) is 4.69. The van der Waals surface area contributed by atoms with Gasteiger partial charge in [-0.1, -0.05) is 80.1 Å². The van der Waals surface area contributed by atoms with Crippen molar-refractivity contribution in [2.45, 2.75) is 65.1 Å². The molecule has 4 rings (SSSR count). The number of carboxylic acids is 2. The van der Waals surface area contributed by atoms with E-state index in [0.29, 0.717) is 17.9 Å². The Labute approximate surface area is 261 Å². The number of aryl methyl sites for hydroxylation is 1. The van der Waals surface area contributed by atoms with Crippen molar-refractivity contribution in [2.24, 2.45) is 0 Å². The first-order chi connectivity index (χ1) is 21.6. The molecule has 0 bridgehead atoms. The molecule has 0 saturated carbocycles. The highest BCUT2D eigenvalue weighted by Crippen LogP contribution is 2.25. The third-order valence-corrected chi connectivity index (χ3v) is 7.29. The monoisotopic (exact) mass is 611 g/mol. The Bertz CT molecular complexity index is 1650. The molecular formula is C34H37N5O6. The first-order valence-electron chi connectivity index (χ1n) is 14.9. The minimum absolute atomic E-state index is 0.00278. The van der Waals surface area contributed by atoms with Crippen molar-refractivity contribution in [1.29, 1.82) is 0 Å². The number of hydrogen-bond donors (Lipinski definition) is 4. The van der Waals surface area contributed by atoms with E-state index in [1.165, 1.54) is 6.92 Å². The Morgan fingerprint density at radius 1 is 0.889 bits per heavy atom. The summed E-state index contributed by atoms with van der Waals surface area (Å²) in [5.74, 6) is -1.44. The van der Waals surface area contributed by atoms with Crippen LogP contribution in [0.3, 0.4) is 0 Å². The molecule has 1 aromatic heterocycles. The Morgan fingerprint density at radius 2 is 1.56 bits per heavy atom. The molecule has 1 atom stereocenters. The summed E-state index contributed by atoms with van der Waals surface area (Å²) in [4.78, 5) is 51.2. The molecule has 11 nitrogen and oxygen atoms in total. The topological polar surface area (TPSA) is 164 Å². The SMILES string of the molecule is CCCCc1nc(-c2ccc(CNC(=O)CCC(NC(C)=O)C(=O)O)cc2)nn1Cc1ccc(-c2ccccc2C(=O)O)cc1. The molecule has 4 aromatic rings. The van der Waals surface area contributed by atoms with E-state index < -0.39 is 23.9 Å². The summed E-state index contributed by atoms with van der Waals surface area (Å²) in [5, 5.41) is 28.7. The van der Waals surface area contributed by atoms with Crippen molar-refractivity contribution >= 4 is 23.8 Å². The van der Waals surface area contributed by atoms with E-state index in [-0.39, 0.29) is 30.9 Å². The maximum absolute atomic E-state index is 12.3. The van der Waals surface area contributed by atoms with Gasteiger partial charge in [0, 0.05) is 31.9 Å². The molecule has 0 radical (unpaired) electrons. The zero-order valence-electron chi connectivity index (χ0n) is 25.3. The Morgan fingerprint density at radius 3 is 2.20 bits per heavy atom. The van der Waals surface area contributed by atoms with Crippen LogP contribution in [-0.4, -0.2) is 54.8 Å². The van der Waals surface area contributed by atoms with Crippen LogP contribution < -0.4 is 10.6 Å². The van der Waals surface area contributed by atoms with Crippen LogP contribution >= 0.6 is 0 Å². The van der Waals surface area contributed by atoms with Gasteiger partial charge in [-0.05, 0) is 41.2 Å². The summed E-state index contributed by atoms with van der Waals surface area (Å²) >= 11 is 0. The summed E-state index contributed by atoms with van der Waals surface area (Å²) in [6, 6.07) is 21.2. The smallest absolute Gasteiger partial charge is 0.336 e. The summed E-state index contributed by atoms with van der Waals surface area (Å²) in [6.07, 6.45) is 2.74. The van der Waals surface area contributed by atoms with E-state index >= 15 is 0 Å². The number of aliphatic carboxylic acids is 1. The molecule has 0 fully saturated rings. The van der Waals surface area contributed by atoms with Gasteiger partial charge in [0.05, 0.1) is 12.1 Å². The average Bonchev–Trinajstić information content (AvgIpc) is 3.43. The maximum Gasteiger partial charge on any atom is 0.336 e. The second-order valence-corrected chi connectivity index (χ2v) is 10.8. The Kier molecular flexibility index (Phi) is 11.2. The van der Waals surface area contributed by atoms with E-state index in [1.807, 2.05) is 59.3 Å². The summed E-state index contributed by atoms with van der Waals surface area (Å²) in [6.45, 7) is 4.15. The van der Waals surface area contributed by atoms with Crippen LogP contribution in [-0.2, 0) is 33.9 Å². The minimum Gasteiger partial charge on any atom is -0.480 e. The molecule has 1 unspecified atom stereocenters. The van der Waals surface area contributed by atoms with Crippen molar-refractivity contribution in [3.63, 3.8) is 0 Å². The normalized spacial score (nSPS) is 11.5. The first-order valence-corrected chi connectivity index (χ1v) is 14.9. The average molecular weight is 612 g/mol. The van der Waals surface area contributed by atoms with Crippen molar-refractivity contribution in [3.8, 4) is 22.5 Å². The molecule has 2 amide bonds. The fourth-order valence-corrected chi connectivity index (χ4v) is 4.87. The van der Waals surface area contributed by atoms with E-state index in [1.54, 1.807) is 18.2 Å². The van der Waals surface area contributed by atoms with Gasteiger partial charge in [-0.25, -0.2) is 19.3 Å². The number of carbonyl (C=O) groups excluding carboxylic acids is 2. The number of amides is 2. The van der Waals surface area contributed by atoms with Gasteiger partial charge in [-0.2, -0.15) is 5.10 Å². The van der Waals surface area contributed by atoms with Gasteiger partial charge in [0.15, 0.2) is 5.82 Å². The number of unbranched alkanes of at least 4 members (excludes halogenated alkanes) is 1. The molecule has 0 saturated heterocycles.